The lowest BCUT2D eigenvalue weighted by Gasteiger charge is -2.07. The number of hydrogen-bond donors (Lipinski definition) is 1. The van der Waals surface area contributed by atoms with Gasteiger partial charge in [0.05, 0.1) is 0 Å². The molecule has 0 fully saturated rings. The van der Waals surface area contributed by atoms with Crippen molar-refractivity contribution in [3.63, 3.8) is 0 Å². The lowest BCUT2D eigenvalue weighted by molar-refractivity contribution is 0.624. The molecule has 1 aromatic carbocycles. The fourth-order valence-electron chi connectivity index (χ4n) is 1.56. The number of rotatable bonds is 5. The van der Waals surface area contributed by atoms with Crippen molar-refractivity contribution in [3.05, 3.63) is 41.8 Å². The van der Waals surface area contributed by atoms with Gasteiger partial charge in [-0.25, -0.2) is 14.4 Å². The zero-order valence-corrected chi connectivity index (χ0v) is 11.8. The summed E-state index contributed by atoms with van der Waals surface area (Å²) in [5, 5.41) is 3.98. The molecule has 0 aliphatic carbocycles. The van der Waals surface area contributed by atoms with Crippen LogP contribution in [0.3, 0.4) is 0 Å². The molecule has 0 unspecified atom stereocenters. The Balaban J connectivity index is 2.17. The monoisotopic (exact) mass is 277 g/mol. The lowest BCUT2D eigenvalue weighted by Crippen LogP contribution is -2.05. The number of halogens is 1. The van der Waals surface area contributed by atoms with Gasteiger partial charge in [-0.2, -0.15) is 0 Å². The molecule has 2 aromatic rings. The van der Waals surface area contributed by atoms with E-state index in [0.29, 0.717) is 5.95 Å². The standard InChI is InChI=1S/C14H16FN3S/c1-3-7-16-14-17-10(2)8-13(18-14)19-12-6-4-5-11(15)9-12/h4-6,8-9H,3,7H2,1-2H3,(H,16,17,18). The van der Waals surface area contributed by atoms with Crippen molar-refractivity contribution in [3.8, 4) is 0 Å². The van der Waals surface area contributed by atoms with E-state index >= 15 is 0 Å². The van der Waals surface area contributed by atoms with Gasteiger partial charge in [-0.05, 0) is 37.6 Å². The van der Waals surface area contributed by atoms with Gasteiger partial charge in [0.25, 0.3) is 0 Å². The van der Waals surface area contributed by atoms with Crippen LogP contribution >= 0.6 is 11.8 Å². The van der Waals surface area contributed by atoms with Crippen LogP contribution in [0.15, 0.2) is 40.3 Å². The minimum atomic E-state index is -0.236. The maximum atomic E-state index is 13.1. The highest BCUT2D eigenvalue weighted by Gasteiger charge is 2.04. The topological polar surface area (TPSA) is 37.8 Å². The Bertz CT molecular complexity index is 560. The van der Waals surface area contributed by atoms with Gasteiger partial charge < -0.3 is 5.32 Å². The van der Waals surface area contributed by atoms with E-state index in [1.807, 2.05) is 19.1 Å². The predicted octanol–water partition coefficient (Wildman–Crippen LogP) is 3.90. The molecule has 3 nitrogen and oxygen atoms in total. The van der Waals surface area contributed by atoms with E-state index in [2.05, 4.69) is 22.2 Å². The number of aromatic nitrogens is 2. The van der Waals surface area contributed by atoms with Crippen LogP contribution in [-0.4, -0.2) is 16.5 Å². The second-order valence-corrected chi connectivity index (χ2v) is 5.25. The largest absolute Gasteiger partial charge is 0.354 e. The first-order valence-corrected chi connectivity index (χ1v) is 7.02. The van der Waals surface area contributed by atoms with Crippen LogP contribution in [-0.2, 0) is 0 Å². The normalized spacial score (nSPS) is 10.5. The Kier molecular flexibility index (Phi) is 4.74. The molecule has 0 bridgehead atoms. The van der Waals surface area contributed by atoms with Crippen LogP contribution < -0.4 is 5.32 Å². The molecule has 0 amide bonds. The van der Waals surface area contributed by atoms with Gasteiger partial charge in [0.2, 0.25) is 5.95 Å². The van der Waals surface area contributed by atoms with Crippen molar-refractivity contribution in [2.45, 2.75) is 30.2 Å². The predicted molar refractivity (Wildman–Crippen MR) is 76.1 cm³/mol. The van der Waals surface area contributed by atoms with E-state index in [1.54, 1.807) is 6.07 Å². The fourth-order valence-corrected chi connectivity index (χ4v) is 2.48. The van der Waals surface area contributed by atoms with Crippen LogP contribution in [0.2, 0.25) is 0 Å². The average Bonchev–Trinajstić information content (AvgIpc) is 2.35. The minimum Gasteiger partial charge on any atom is -0.354 e. The van der Waals surface area contributed by atoms with Crippen molar-refractivity contribution >= 4 is 17.7 Å². The van der Waals surface area contributed by atoms with Crippen molar-refractivity contribution in [2.75, 3.05) is 11.9 Å². The Morgan fingerprint density at radius 2 is 2.11 bits per heavy atom. The van der Waals surface area contributed by atoms with Gasteiger partial charge in [-0.15, -0.1) is 0 Å². The highest BCUT2D eigenvalue weighted by molar-refractivity contribution is 7.99. The number of anilines is 1. The maximum absolute atomic E-state index is 13.1. The first-order chi connectivity index (χ1) is 9.17. The van der Waals surface area contributed by atoms with Gasteiger partial charge in [0, 0.05) is 17.1 Å². The molecule has 0 saturated carbocycles. The summed E-state index contributed by atoms with van der Waals surface area (Å²) >= 11 is 1.43. The number of aryl methyl sites for hydroxylation is 1. The van der Waals surface area contributed by atoms with Crippen molar-refractivity contribution in [2.24, 2.45) is 0 Å². The third-order valence-corrected chi connectivity index (χ3v) is 3.29. The van der Waals surface area contributed by atoms with Crippen molar-refractivity contribution < 1.29 is 4.39 Å². The fraction of sp³-hybridized carbons (Fsp3) is 0.286. The average molecular weight is 277 g/mol. The number of nitrogens with one attached hydrogen (secondary N) is 1. The van der Waals surface area contributed by atoms with Gasteiger partial charge in [0.1, 0.15) is 10.8 Å². The molecular weight excluding hydrogens is 261 g/mol. The quantitative estimate of drug-likeness (QED) is 0.841. The molecule has 0 aliphatic rings. The lowest BCUT2D eigenvalue weighted by atomic mass is 10.4. The van der Waals surface area contributed by atoms with E-state index in [0.717, 1.165) is 28.6 Å². The van der Waals surface area contributed by atoms with Gasteiger partial charge in [0.15, 0.2) is 0 Å². The Hall–Kier alpha value is -1.62. The van der Waals surface area contributed by atoms with E-state index in [4.69, 9.17) is 0 Å². The summed E-state index contributed by atoms with van der Waals surface area (Å²) in [6.45, 7) is 4.85. The third-order valence-electron chi connectivity index (χ3n) is 2.38. The molecule has 0 radical (unpaired) electrons. The maximum Gasteiger partial charge on any atom is 0.223 e. The smallest absolute Gasteiger partial charge is 0.223 e. The van der Waals surface area contributed by atoms with Crippen LogP contribution in [0.4, 0.5) is 10.3 Å². The summed E-state index contributed by atoms with van der Waals surface area (Å²) in [4.78, 5) is 9.57. The molecule has 0 saturated heterocycles. The molecule has 1 aromatic heterocycles. The number of hydrogen-bond acceptors (Lipinski definition) is 4. The molecule has 100 valence electrons. The minimum absolute atomic E-state index is 0.236. The van der Waals surface area contributed by atoms with E-state index in [-0.39, 0.29) is 5.82 Å². The van der Waals surface area contributed by atoms with E-state index in [9.17, 15) is 4.39 Å². The first kappa shape index (κ1) is 13.8. The SMILES string of the molecule is CCCNc1nc(C)cc(Sc2cccc(F)c2)n1. The van der Waals surface area contributed by atoms with Crippen LogP contribution in [0, 0.1) is 12.7 Å². The van der Waals surface area contributed by atoms with Crippen LogP contribution in [0.5, 0.6) is 0 Å². The second kappa shape index (κ2) is 6.52. The first-order valence-electron chi connectivity index (χ1n) is 6.20. The Labute approximate surface area is 116 Å². The molecule has 0 aliphatic heterocycles. The molecule has 19 heavy (non-hydrogen) atoms. The summed E-state index contributed by atoms with van der Waals surface area (Å²) in [5.41, 5.74) is 0.896. The molecular formula is C14H16FN3S. The zero-order chi connectivity index (χ0) is 13.7. The van der Waals surface area contributed by atoms with Crippen molar-refractivity contribution in [1.82, 2.24) is 9.97 Å². The third kappa shape index (κ3) is 4.21. The summed E-state index contributed by atoms with van der Waals surface area (Å²) in [5.74, 6) is 0.390. The summed E-state index contributed by atoms with van der Waals surface area (Å²) in [7, 11) is 0. The van der Waals surface area contributed by atoms with E-state index in [1.165, 1.54) is 23.9 Å². The summed E-state index contributed by atoms with van der Waals surface area (Å²) in [6, 6.07) is 8.39. The number of benzene rings is 1. The number of nitrogens with zero attached hydrogens (tertiary/aromatic N) is 2. The Morgan fingerprint density at radius 3 is 2.84 bits per heavy atom. The molecule has 5 heteroatoms. The Morgan fingerprint density at radius 1 is 1.26 bits per heavy atom. The van der Waals surface area contributed by atoms with Gasteiger partial charge >= 0.3 is 0 Å². The van der Waals surface area contributed by atoms with Gasteiger partial charge in [-0.1, -0.05) is 24.8 Å². The zero-order valence-electron chi connectivity index (χ0n) is 11.0. The summed E-state index contributed by atoms with van der Waals surface area (Å²) in [6.07, 6.45) is 1.02. The van der Waals surface area contributed by atoms with Crippen molar-refractivity contribution in [1.29, 1.82) is 0 Å². The molecule has 1 heterocycles. The van der Waals surface area contributed by atoms with E-state index < -0.39 is 0 Å². The van der Waals surface area contributed by atoms with Crippen LogP contribution in [0.25, 0.3) is 0 Å². The van der Waals surface area contributed by atoms with Gasteiger partial charge in [-0.3, -0.25) is 0 Å². The highest BCUT2D eigenvalue weighted by atomic mass is 32.2. The summed E-state index contributed by atoms with van der Waals surface area (Å²) < 4.78 is 13.1. The second-order valence-electron chi connectivity index (χ2n) is 4.16. The molecule has 0 spiro atoms. The molecule has 0 atom stereocenters. The highest BCUT2D eigenvalue weighted by Crippen LogP contribution is 2.27. The molecule has 1 N–H and O–H groups in total. The molecule has 2 rings (SSSR count). The van der Waals surface area contributed by atoms with Crippen LogP contribution in [0.1, 0.15) is 19.0 Å².